The quantitative estimate of drug-likeness (QED) is 0.679. The molecule has 2 aromatic rings. The fraction of sp³-hybridized carbons (Fsp3) is 0.550. The maximum absolute atomic E-state index is 12.4. The SMILES string of the molecule is CN(Cc1ccc(Sc2ncccn2)o1)CC1CC(=O)N(C2CCCC2)C1. The predicted molar refractivity (Wildman–Crippen MR) is 103 cm³/mol. The monoisotopic (exact) mass is 386 g/mol. The van der Waals surface area contributed by atoms with Gasteiger partial charge in [-0.05, 0) is 55.8 Å². The molecule has 0 N–H and O–H groups in total. The Bertz CT molecular complexity index is 760. The average Bonchev–Trinajstić information content (AvgIpc) is 3.38. The van der Waals surface area contributed by atoms with Gasteiger partial charge in [-0.1, -0.05) is 12.8 Å². The zero-order valence-electron chi connectivity index (χ0n) is 15.7. The Morgan fingerprint density at radius 2 is 2.04 bits per heavy atom. The molecule has 0 spiro atoms. The highest BCUT2D eigenvalue weighted by molar-refractivity contribution is 7.99. The molecular formula is C20H26N4O2S. The molecule has 2 aliphatic rings. The van der Waals surface area contributed by atoms with E-state index in [9.17, 15) is 4.79 Å². The summed E-state index contributed by atoms with van der Waals surface area (Å²) in [5, 5.41) is 1.48. The summed E-state index contributed by atoms with van der Waals surface area (Å²) >= 11 is 1.42. The van der Waals surface area contributed by atoms with Gasteiger partial charge >= 0.3 is 0 Å². The largest absolute Gasteiger partial charge is 0.453 e. The first-order chi connectivity index (χ1) is 13.2. The summed E-state index contributed by atoms with van der Waals surface area (Å²) in [5.41, 5.74) is 0. The van der Waals surface area contributed by atoms with Crippen molar-refractivity contribution in [2.45, 2.75) is 54.9 Å². The Morgan fingerprint density at radius 1 is 1.26 bits per heavy atom. The van der Waals surface area contributed by atoms with Gasteiger partial charge in [0, 0.05) is 37.9 Å². The zero-order chi connectivity index (χ0) is 18.6. The van der Waals surface area contributed by atoms with E-state index in [0.717, 1.165) is 30.5 Å². The Kier molecular flexibility index (Phi) is 5.78. The van der Waals surface area contributed by atoms with Crippen LogP contribution in [0.1, 0.15) is 37.9 Å². The van der Waals surface area contributed by atoms with Crippen LogP contribution >= 0.6 is 11.8 Å². The van der Waals surface area contributed by atoms with Crippen LogP contribution in [0.25, 0.3) is 0 Å². The van der Waals surface area contributed by atoms with Crippen molar-refractivity contribution in [3.8, 4) is 0 Å². The topological polar surface area (TPSA) is 62.5 Å². The number of nitrogens with zero attached hydrogens (tertiary/aromatic N) is 4. The Labute approximate surface area is 164 Å². The highest BCUT2D eigenvalue weighted by Gasteiger charge is 2.35. The van der Waals surface area contributed by atoms with Gasteiger partial charge in [0.2, 0.25) is 5.91 Å². The number of aromatic nitrogens is 2. The maximum atomic E-state index is 12.4. The van der Waals surface area contributed by atoms with Gasteiger partial charge in [0.15, 0.2) is 10.2 Å². The summed E-state index contributed by atoms with van der Waals surface area (Å²) in [4.78, 5) is 25.2. The third kappa shape index (κ3) is 4.71. The normalized spacial score (nSPS) is 20.9. The van der Waals surface area contributed by atoms with Gasteiger partial charge in [-0.25, -0.2) is 9.97 Å². The maximum Gasteiger partial charge on any atom is 0.223 e. The van der Waals surface area contributed by atoms with E-state index < -0.39 is 0 Å². The first kappa shape index (κ1) is 18.5. The van der Waals surface area contributed by atoms with Crippen LogP contribution in [0.4, 0.5) is 0 Å². The van der Waals surface area contributed by atoms with Crippen LogP contribution in [-0.4, -0.2) is 51.9 Å². The molecule has 1 amide bonds. The molecule has 2 fully saturated rings. The second-order valence-corrected chi connectivity index (χ2v) is 8.58. The Balaban J connectivity index is 1.27. The smallest absolute Gasteiger partial charge is 0.223 e. The second kappa shape index (κ2) is 8.44. The molecule has 4 rings (SSSR count). The van der Waals surface area contributed by atoms with Crippen LogP contribution in [0, 0.1) is 5.92 Å². The van der Waals surface area contributed by atoms with Gasteiger partial charge in [-0.15, -0.1) is 0 Å². The van der Waals surface area contributed by atoms with Crippen LogP contribution in [0.2, 0.25) is 0 Å². The van der Waals surface area contributed by atoms with E-state index in [4.69, 9.17) is 4.42 Å². The van der Waals surface area contributed by atoms with E-state index in [2.05, 4.69) is 26.8 Å². The minimum Gasteiger partial charge on any atom is -0.453 e. The van der Waals surface area contributed by atoms with Crippen molar-refractivity contribution in [1.82, 2.24) is 19.8 Å². The number of carbonyl (C=O) groups excluding carboxylic acids is 1. The fourth-order valence-corrected chi connectivity index (χ4v) is 4.89. The van der Waals surface area contributed by atoms with E-state index in [1.807, 2.05) is 12.1 Å². The lowest BCUT2D eigenvalue weighted by atomic mass is 10.1. The van der Waals surface area contributed by atoms with Crippen LogP contribution in [0.15, 0.2) is 45.3 Å². The summed E-state index contributed by atoms with van der Waals surface area (Å²) in [7, 11) is 2.10. The highest BCUT2D eigenvalue weighted by atomic mass is 32.2. The summed E-state index contributed by atoms with van der Waals surface area (Å²) in [6.45, 7) is 2.57. The number of furan rings is 1. The summed E-state index contributed by atoms with van der Waals surface area (Å²) < 4.78 is 5.91. The molecule has 3 heterocycles. The second-order valence-electron chi connectivity index (χ2n) is 7.61. The van der Waals surface area contributed by atoms with Crippen molar-refractivity contribution in [3.63, 3.8) is 0 Å². The molecule has 7 heteroatoms. The lowest BCUT2D eigenvalue weighted by molar-refractivity contribution is -0.129. The van der Waals surface area contributed by atoms with Crippen molar-refractivity contribution in [2.75, 3.05) is 20.1 Å². The molecule has 27 heavy (non-hydrogen) atoms. The minimum absolute atomic E-state index is 0.347. The van der Waals surface area contributed by atoms with Crippen LogP contribution < -0.4 is 0 Å². The van der Waals surface area contributed by atoms with E-state index in [-0.39, 0.29) is 0 Å². The molecule has 1 aliphatic carbocycles. The third-order valence-electron chi connectivity index (χ3n) is 5.37. The molecule has 144 valence electrons. The first-order valence-corrected chi connectivity index (χ1v) is 10.5. The van der Waals surface area contributed by atoms with Gasteiger partial charge < -0.3 is 9.32 Å². The van der Waals surface area contributed by atoms with Gasteiger partial charge in [0.05, 0.1) is 6.54 Å². The number of amides is 1. The molecule has 1 unspecified atom stereocenters. The van der Waals surface area contributed by atoms with E-state index in [0.29, 0.717) is 29.4 Å². The van der Waals surface area contributed by atoms with Gasteiger partial charge in [-0.3, -0.25) is 9.69 Å². The predicted octanol–water partition coefficient (Wildman–Crippen LogP) is 3.44. The van der Waals surface area contributed by atoms with Crippen molar-refractivity contribution in [3.05, 3.63) is 36.4 Å². The lowest BCUT2D eigenvalue weighted by Crippen LogP contribution is -2.35. The van der Waals surface area contributed by atoms with Crippen molar-refractivity contribution < 1.29 is 9.21 Å². The average molecular weight is 387 g/mol. The van der Waals surface area contributed by atoms with Crippen LogP contribution in [-0.2, 0) is 11.3 Å². The molecule has 6 nitrogen and oxygen atoms in total. The van der Waals surface area contributed by atoms with Gasteiger partial charge in [0.1, 0.15) is 5.76 Å². The number of hydrogen-bond acceptors (Lipinski definition) is 6. The Morgan fingerprint density at radius 3 is 2.81 bits per heavy atom. The zero-order valence-corrected chi connectivity index (χ0v) is 16.5. The summed E-state index contributed by atoms with van der Waals surface area (Å²) in [6.07, 6.45) is 9.05. The number of hydrogen-bond donors (Lipinski definition) is 0. The minimum atomic E-state index is 0.347. The first-order valence-electron chi connectivity index (χ1n) is 9.69. The van der Waals surface area contributed by atoms with Crippen molar-refractivity contribution in [2.24, 2.45) is 5.92 Å². The molecule has 1 saturated carbocycles. The van der Waals surface area contributed by atoms with Crippen LogP contribution in [0.3, 0.4) is 0 Å². The van der Waals surface area contributed by atoms with E-state index in [1.165, 1.54) is 37.4 Å². The summed E-state index contributed by atoms with van der Waals surface area (Å²) in [5.74, 6) is 1.69. The van der Waals surface area contributed by atoms with Crippen molar-refractivity contribution in [1.29, 1.82) is 0 Å². The molecular weight excluding hydrogens is 360 g/mol. The number of likely N-dealkylation sites (tertiary alicyclic amines) is 1. The van der Waals surface area contributed by atoms with Gasteiger partial charge in [-0.2, -0.15) is 0 Å². The van der Waals surface area contributed by atoms with Crippen LogP contribution in [0.5, 0.6) is 0 Å². The Hall–Kier alpha value is -1.86. The molecule has 1 aliphatic heterocycles. The molecule has 1 atom stereocenters. The molecule has 0 radical (unpaired) electrons. The molecule has 0 bridgehead atoms. The fourth-order valence-electron chi connectivity index (χ4n) is 4.20. The number of carbonyl (C=O) groups is 1. The molecule has 1 saturated heterocycles. The van der Waals surface area contributed by atoms with E-state index >= 15 is 0 Å². The summed E-state index contributed by atoms with van der Waals surface area (Å²) in [6, 6.07) is 6.27. The van der Waals surface area contributed by atoms with Gasteiger partial charge in [0.25, 0.3) is 0 Å². The third-order valence-corrected chi connectivity index (χ3v) is 6.18. The van der Waals surface area contributed by atoms with E-state index in [1.54, 1.807) is 18.5 Å². The molecule has 2 aromatic heterocycles. The van der Waals surface area contributed by atoms with Crippen molar-refractivity contribution >= 4 is 17.7 Å². The number of rotatable bonds is 7. The lowest BCUT2D eigenvalue weighted by Gasteiger charge is -2.25. The molecule has 0 aromatic carbocycles. The standard InChI is InChI=1S/C20H26N4O2S/c1-23(12-15-11-18(25)24(13-15)16-5-2-3-6-16)14-17-7-8-19(26-17)27-20-21-9-4-10-22-20/h4,7-10,15-16H,2-3,5-6,11-14H2,1H3. The highest BCUT2D eigenvalue weighted by Crippen LogP contribution is 2.30.